The second kappa shape index (κ2) is 9.60. The summed E-state index contributed by atoms with van der Waals surface area (Å²) < 4.78 is 7.59. The third kappa shape index (κ3) is 4.62. The Balaban J connectivity index is 2.10. The number of fused-ring (bicyclic) bond motifs is 1. The summed E-state index contributed by atoms with van der Waals surface area (Å²) in [6.45, 7) is 3.81. The van der Waals surface area contributed by atoms with E-state index in [1.807, 2.05) is 13.8 Å². The Hall–Kier alpha value is -3.73. The third-order valence-corrected chi connectivity index (χ3v) is 4.90. The van der Waals surface area contributed by atoms with Gasteiger partial charge in [0.1, 0.15) is 12.4 Å². The lowest BCUT2D eigenvalue weighted by atomic mass is 10.2. The van der Waals surface area contributed by atoms with Gasteiger partial charge in [0.2, 0.25) is 5.91 Å². The number of aromatic amines is 1. The van der Waals surface area contributed by atoms with Crippen molar-refractivity contribution in [3.05, 3.63) is 61.7 Å². The summed E-state index contributed by atoms with van der Waals surface area (Å²) >= 11 is 0. The van der Waals surface area contributed by atoms with Gasteiger partial charge in [0.05, 0.1) is 23.8 Å². The minimum Gasteiger partial charge on any atom is -0.383 e. The molecule has 0 aliphatic rings. The van der Waals surface area contributed by atoms with Crippen LogP contribution in [0.3, 0.4) is 0 Å². The van der Waals surface area contributed by atoms with Gasteiger partial charge in [-0.1, -0.05) is 26.0 Å². The lowest BCUT2D eigenvalue weighted by Gasteiger charge is -2.25. The number of methoxy groups -OCH3 is 1. The number of nitrogen functional groups attached to an aromatic ring is 1. The molecule has 11 heteroatoms. The highest BCUT2D eigenvalue weighted by Gasteiger charge is 2.25. The van der Waals surface area contributed by atoms with Gasteiger partial charge in [0, 0.05) is 20.2 Å². The summed E-state index contributed by atoms with van der Waals surface area (Å²) in [4.78, 5) is 58.2. The molecule has 0 saturated carbocycles. The molecule has 0 aliphatic heterocycles. The average molecular weight is 442 g/mol. The summed E-state index contributed by atoms with van der Waals surface area (Å²) in [5.74, 6) is -0.616. The molecule has 3 aromatic rings. The number of amides is 1. The summed E-state index contributed by atoms with van der Waals surface area (Å²) in [6.07, 6.45) is 1.14. The van der Waals surface area contributed by atoms with E-state index in [1.165, 1.54) is 16.2 Å². The number of benzene rings is 1. The van der Waals surface area contributed by atoms with Crippen LogP contribution in [0.5, 0.6) is 0 Å². The van der Waals surface area contributed by atoms with Crippen LogP contribution in [0.2, 0.25) is 0 Å². The van der Waals surface area contributed by atoms with E-state index in [4.69, 9.17) is 10.5 Å². The molecule has 32 heavy (non-hydrogen) atoms. The van der Waals surface area contributed by atoms with Gasteiger partial charge in [-0.05, 0) is 18.1 Å². The molecule has 0 radical (unpaired) electrons. The van der Waals surface area contributed by atoms with Crippen molar-refractivity contribution in [3.63, 3.8) is 0 Å². The van der Waals surface area contributed by atoms with Crippen molar-refractivity contribution >= 4 is 28.4 Å². The second-order valence-corrected chi connectivity index (χ2v) is 7.71. The Labute approximate surface area is 183 Å². The molecular weight excluding hydrogens is 416 g/mol. The fourth-order valence-electron chi connectivity index (χ4n) is 3.43. The molecule has 0 aliphatic carbocycles. The van der Waals surface area contributed by atoms with Crippen molar-refractivity contribution in [2.45, 2.75) is 26.9 Å². The molecule has 0 unspecified atom stereocenters. The van der Waals surface area contributed by atoms with Gasteiger partial charge >= 0.3 is 5.69 Å². The number of para-hydroxylation sites is 2. The van der Waals surface area contributed by atoms with Crippen LogP contribution in [0.25, 0.3) is 11.0 Å². The first kappa shape index (κ1) is 22.9. The number of carbonyl (C=O) groups excluding carboxylic acids is 1. The smallest absolute Gasteiger partial charge is 0.330 e. The van der Waals surface area contributed by atoms with E-state index in [9.17, 15) is 19.2 Å². The van der Waals surface area contributed by atoms with E-state index in [-0.39, 0.29) is 43.7 Å². The Bertz CT molecular complexity index is 1310. The van der Waals surface area contributed by atoms with Crippen molar-refractivity contribution in [2.24, 2.45) is 5.92 Å². The number of hydrogen-bond donors (Lipinski definition) is 2. The van der Waals surface area contributed by atoms with Crippen molar-refractivity contribution in [1.29, 1.82) is 0 Å². The standard InChI is InChI=1S/C21H26N6O5/c1-13(2)11-27-19(22)18(20(30)24-21(27)31)25(8-9-32-3)17(29)12-26-15-7-5-4-6-14(15)23-10-16(26)28/h4-7,10,13H,8-9,11-12,22H2,1-3H3,(H,24,30,31). The quantitative estimate of drug-likeness (QED) is 0.505. The Morgan fingerprint density at radius 3 is 2.62 bits per heavy atom. The van der Waals surface area contributed by atoms with Crippen molar-refractivity contribution in [3.8, 4) is 0 Å². The number of nitrogens with one attached hydrogen (secondary N) is 1. The number of rotatable bonds is 8. The predicted octanol–water partition coefficient (Wildman–Crippen LogP) is 0.164. The summed E-state index contributed by atoms with van der Waals surface area (Å²) in [6, 6.07) is 6.91. The minimum atomic E-state index is -0.788. The highest BCUT2D eigenvalue weighted by Crippen LogP contribution is 2.19. The molecule has 1 aromatic carbocycles. The van der Waals surface area contributed by atoms with E-state index in [0.29, 0.717) is 11.0 Å². The van der Waals surface area contributed by atoms with Gasteiger partial charge in [-0.3, -0.25) is 28.5 Å². The van der Waals surface area contributed by atoms with E-state index < -0.39 is 22.7 Å². The number of ether oxygens (including phenoxy) is 1. The second-order valence-electron chi connectivity index (χ2n) is 7.71. The molecule has 2 aromatic heterocycles. The monoisotopic (exact) mass is 442 g/mol. The number of nitrogens with zero attached hydrogens (tertiary/aromatic N) is 4. The van der Waals surface area contributed by atoms with Crippen LogP contribution in [0.4, 0.5) is 11.5 Å². The molecule has 11 nitrogen and oxygen atoms in total. The summed E-state index contributed by atoms with van der Waals surface area (Å²) in [5.41, 5.74) is 5.16. The van der Waals surface area contributed by atoms with Crippen LogP contribution >= 0.6 is 0 Å². The Morgan fingerprint density at radius 1 is 1.22 bits per heavy atom. The lowest BCUT2D eigenvalue weighted by molar-refractivity contribution is -0.119. The molecule has 0 spiro atoms. The van der Waals surface area contributed by atoms with Gasteiger partial charge in [-0.25, -0.2) is 9.78 Å². The van der Waals surface area contributed by atoms with Gasteiger partial charge in [0.15, 0.2) is 5.69 Å². The molecular formula is C21H26N6O5. The maximum absolute atomic E-state index is 13.3. The van der Waals surface area contributed by atoms with Crippen LogP contribution in [0.1, 0.15) is 13.8 Å². The van der Waals surface area contributed by atoms with Crippen LogP contribution in [0.15, 0.2) is 44.8 Å². The maximum Gasteiger partial charge on any atom is 0.330 e. The van der Waals surface area contributed by atoms with Gasteiger partial charge in [0.25, 0.3) is 11.1 Å². The normalized spacial score (nSPS) is 11.2. The number of anilines is 2. The van der Waals surface area contributed by atoms with Crippen molar-refractivity contribution in [2.75, 3.05) is 30.9 Å². The van der Waals surface area contributed by atoms with Crippen molar-refractivity contribution in [1.82, 2.24) is 19.1 Å². The number of H-pyrrole nitrogens is 1. The van der Waals surface area contributed by atoms with E-state index in [2.05, 4.69) is 9.97 Å². The van der Waals surface area contributed by atoms with E-state index >= 15 is 0 Å². The van der Waals surface area contributed by atoms with Crippen molar-refractivity contribution < 1.29 is 9.53 Å². The summed E-state index contributed by atoms with van der Waals surface area (Å²) in [7, 11) is 1.46. The van der Waals surface area contributed by atoms with Gasteiger partial charge in [-0.15, -0.1) is 0 Å². The Morgan fingerprint density at radius 2 is 1.94 bits per heavy atom. The third-order valence-electron chi connectivity index (χ3n) is 4.90. The molecule has 2 heterocycles. The number of hydrogen-bond acceptors (Lipinski definition) is 7. The first-order valence-electron chi connectivity index (χ1n) is 10.1. The summed E-state index contributed by atoms with van der Waals surface area (Å²) in [5, 5.41) is 0. The highest BCUT2D eigenvalue weighted by molar-refractivity contribution is 5.96. The molecule has 0 bridgehead atoms. The van der Waals surface area contributed by atoms with Crippen LogP contribution in [0, 0.1) is 5.92 Å². The van der Waals surface area contributed by atoms with Crippen LogP contribution < -0.4 is 27.4 Å². The zero-order valence-corrected chi connectivity index (χ0v) is 18.2. The molecule has 3 N–H and O–H groups in total. The minimum absolute atomic E-state index is 0.000260. The molecule has 0 atom stereocenters. The fraction of sp³-hybridized carbons (Fsp3) is 0.381. The lowest BCUT2D eigenvalue weighted by Crippen LogP contribution is -2.44. The highest BCUT2D eigenvalue weighted by atomic mass is 16.5. The van der Waals surface area contributed by atoms with E-state index in [0.717, 1.165) is 11.1 Å². The van der Waals surface area contributed by atoms with Gasteiger partial charge < -0.3 is 15.4 Å². The number of nitrogens with two attached hydrogens (primary N) is 1. The molecule has 170 valence electrons. The topological polar surface area (TPSA) is 145 Å². The molecule has 3 rings (SSSR count). The number of aromatic nitrogens is 4. The van der Waals surface area contributed by atoms with Crippen LogP contribution in [-0.4, -0.2) is 45.3 Å². The van der Waals surface area contributed by atoms with Crippen LogP contribution in [-0.2, 0) is 22.6 Å². The molecule has 1 amide bonds. The molecule has 0 saturated heterocycles. The fourth-order valence-corrected chi connectivity index (χ4v) is 3.43. The largest absolute Gasteiger partial charge is 0.383 e. The van der Waals surface area contributed by atoms with E-state index in [1.54, 1.807) is 24.3 Å². The number of carbonyl (C=O) groups is 1. The maximum atomic E-state index is 13.3. The molecule has 0 fully saturated rings. The average Bonchev–Trinajstić information content (AvgIpc) is 2.75. The predicted molar refractivity (Wildman–Crippen MR) is 121 cm³/mol. The first-order chi connectivity index (χ1) is 15.2. The zero-order valence-electron chi connectivity index (χ0n) is 18.2. The zero-order chi connectivity index (χ0) is 23.4. The SMILES string of the molecule is COCCN(C(=O)Cn1c(=O)cnc2ccccc21)c1c(N)n(CC(C)C)c(=O)[nH]c1=O. The Kier molecular flexibility index (Phi) is 6.89. The first-order valence-corrected chi connectivity index (χ1v) is 10.1. The van der Waals surface area contributed by atoms with Gasteiger partial charge in [-0.2, -0.15) is 0 Å².